The Bertz CT molecular complexity index is 724. The van der Waals surface area contributed by atoms with E-state index < -0.39 is 0 Å². The van der Waals surface area contributed by atoms with Gasteiger partial charge in [0, 0.05) is 0 Å². The molecule has 1 heterocycles. The van der Waals surface area contributed by atoms with E-state index in [0.717, 1.165) is 25.8 Å². The highest BCUT2D eigenvalue weighted by atomic mass is 127. The molecule has 0 N–H and O–H groups in total. The van der Waals surface area contributed by atoms with E-state index in [1.165, 1.54) is 0 Å². The van der Waals surface area contributed by atoms with Crippen molar-refractivity contribution < 1.29 is 19.1 Å². The number of carbonyl (C=O) groups is 2. The van der Waals surface area contributed by atoms with Gasteiger partial charge in [0.2, 0.25) is 0 Å². The van der Waals surface area contributed by atoms with Gasteiger partial charge in [0.1, 0.15) is 0 Å². The highest BCUT2D eigenvalue weighted by Crippen LogP contribution is 2.37. The van der Waals surface area contributed by atoms with Gasteiger partial charge >= 0.3 is 0 Å². The number of thioether (sulfide) groups is 1. The fourth-order valence-electron chi connectivity index (χ4n) is 1.99. The van der Waals surface area contributed by atoms with Gasteiger partial charge in [-0.25, -0.2) is 0 Å². The molecule has 0 aromatic heterocycles. The lowest BCUT2D eigenvalue weighted by Crippen LogP contribution is -2.28. The molecule has 2 rings (SSSR count). The first-order valence-corrected chi connectivity index (χ1v) is 8.60. The van der Waals surface area contributed by atoms with Crippen LogP contribution in [0.1, 0.15) is 12.5 Å². The number of halogens is 1. The molecule has 1 aromatic carbocycles. The minimum atomic E-state index is -0.374. The number of terminal acetylenes is 1. The Morgan fingerprint density at radius 3 is 2.78 bits per heavy atom. The summed E-state index contributed by atoms with van der Waals surface area (Å²) < 4.78 is 11.8. The maximum Gasteiger partial charge on any atom is 0.294 e. The van der Waals surface area contributed by atoms with Gasteiger partial charge in [-0.2, -0.15) is 0 Å². The largest absolute Gasteiger partial charge is 0.493 e. The average molecular weight is 443 g/mol. The van der Waals surface area contributed by atoms with Crippen LogP contribution in [0.25, 0.3) is 6.08 Å². The molecule has 2 amide bonds. The predicted molar refractivity (Wildman–Crippen MR) is 98.4 cm³/mol. The molecule has 1 fully saturated rings. The van der Waals surface area contributed by atoms with Crippen LogP contribution in [0.4, 0.5) is 4.79 Å². The van der Waals surface area contributed by atoms with E-state index in [-0.39, 0.29) is 17.7 Å². The van der Waals surface area contributed by atoms with Crippen molar-refractivity contribution >= 4 is 51.6 Å². The Balaban J connectivity index is 2.37. The minimum absolute atomic E-state index is 0.0217. The Kier molecular flexibility index (Phi) is 5.96. The van der Waals surface area contributed by atoms with Crippen molar-refractivity contribution in [3.8, 4) is 23.8 Å². The Morgan fingerprint density at radius 1 is 1.43 bits per heavy atom. The molecule has 1 saturated heterocycles. The molecule has 0 radical (unpaired) electrons. The van der Waals surface area contributed by atoms with Crippen molar-refractivity contribution in [2.45, 2.75) is 6.92 Å². The van der Waals surface area contributed by atoms with E-state index in [1.54, 1.807) is 19.3 Å². The topological polar surface area (TPSA) is 55.8 Å². The summed E-state index contributed by atoms with van der Waals surface area (Å²) in [5.74, 6) is 3.17. The van der Waals surface area contributed by atoms with Gasteiger partial charge in [-0.15, -0.1) is 6.42 Å². The molecule has 0 saturated carbocycles. The summed E-state index contributed by atoms with van der Waals surface area (Å²) in [4.78, 5) is 25.4. The fourth-order valence-corrected chi connectivity index (χ4v) is 3.61. The van der Waals surface area contributed by atoms with Crippen molar-refractivity contribution in [1.29, 1.82) is 0 Å². The van der Waals surface area contributed by atoms with Crippen molar-refractivity contribution in [3.05, 3.63) is 26.2 Å². The van der Waals surface area contributed by atoms with E-state index in [1.807, 2.05) is 13.0 Å². The van der Waals surface area contributed by atoms with E-state index in [9.17, 15) is 9.59 Å². The number of methoxy groups -OCH3 is 1. The van der Waals surface area contributed by atoms with Crippen LogP contribution >= 0.6 is 34.4 Å². The molecule has 5 nitrogen and oxygen atoms in total. The minimum Gasteiger partial charge on any atom is -0.493 e. The van der Waals surface area contributed by atoms with E-state index >= 15 is 0 Å². The zero-order valence-corrected chi connectivity index (χ0v) is 15.6. The standard InChI is InChI=1S/C16H14INO4S/c1-4-6-18-15(19)13(23-16(18)20)9-10-7-11(17)14(22-5-2)12(8-10)21-3/h1,7-9H,5-6H2,2-3H3/b13-9-. The van der Waals surface area contributed by atoms with Crippen LogP contribution in [0.5, 0.6) is 11.5 Å². The maximum absolute atomic E-state index is 12.2. The monoisotopic (exact) mass is 443 g/mol. The third kappa shape index (κ3) is 3.82. The lowest BCUT2D eigenvalue weighted by Gasteiger charge is -2.12. The number of imide groups is 1. The lowest BCUT2D eigenvalue weighted by atomic mass is 10.2. The van der Waals surface area contributed by atoms with E-state index in [0.29, 0.717) is 23.0 Å². The second kappa shape index (κ2) is 7.75. The Hall–Kier alpha value is -1.66. The SMILES string of the molecule is C#CCN1C(=O)S/C(=C\c2cc(I)c(OCC)c(OC)c2)C1=O. The average Bonchev–Trinajstić information content (AvgIpc) is 2.77. The van der Waals surface area contributed by atoms with Crippen molar-refractivity contribution in [2.24, 2.45) is 0 Å². The molecule has 0 unspecified atom stereocenters. The first-order valence-electron chi connectivity index (χ1n) is 6.71. The fraction of sp³-hybridized carbons (Fsp3) is 0.250. The second-order valence-corrected chi connectivity index (χ2v) is 6.59. The summed E-state index contributed by atoms with van der Waals surface area (Å²) in [6.45, 7) is 2.40. The lowest BCUT2D eigenvalue weighted by molar-refractivity contribution is -0.122. The van der Waals surface area contributed by atoms with Crippen LogP contribution in [-0.2, 0) is 4.79 Å². The van der Waals surface area contributed by atoms with Crippen LogP contribution in [0.2, 0.25) is 0 Å². The summed E-state index contributed by atoms with van der Waals surface area (Å²) in [5.41, 5.74) is 0.751. The Labute approximate surface area is 152 Å². The second-order valence-electron chi connectivity index (χ2n) is 4.44. The van der Waals surface area contributed by atoms with Gasteiger partial charge in [-0.1, -0.05) is 5.92 Å². The molecular weight excluding hydrogens is 429 g/mol. The number of hydrogen-bond acceptors (Lipinski definition) is 5. The third-order valence-electron chi connectivity index (χ3n) is 2.96. The summed E-state index contributed by atoms with van der Waals surface area (Å²) in [6.07, 6.45) is 6.83. The van der Waals surface area contributed by atoms with Gasteiger partial charge in [0.05, 0.1) is 28.7 Å². The first kappa shape index (κ1) is 17.7. The highest BCUT2D eigenvalue weighted by molar-refractivity contribution is 14.1. The molecular formula is C16H14INO4S. The molecule has 0 bridgehead atoms. The molecule has 1 aromatic rings. The third-order valence-corrected chi connectivity index (χ3v) is 4.67. The van der Waals surface area contributed by atoms with Gasteiger partial charge < -0.3 is 9.47 Å². The quantitative estimate of drug-likeness (QED) is 0.397. The van der Waals surface area contributed by atoms with Crippen molar-refractivity contribution in [1.82, 2.24) is 4.90 Å². The van der Waals surface area contributed by atoms with Gasteiger partial charge in [-0.05, 0) is 65.0 Å². The van der Waals surface area contributed by atoms with Crippen molar-refractivity contribution in [3.63, 3.8) is 0 Å². The van der Waals surface area contributed by atoms with Gasteiger partial charge in [-0.3, -0.25) is 14.5 Å². The van der Waals surface area contributed by atoms with Crippen LogP contribution < -0.4 is 9.47 Å². The molecule has 1 aliphatic rings. The van der Waals surface area contributed by atoms with Crippen LogP contribution in [-0.4, -0.2) is 36.3 Å². The molecule has 0 aliphatic carbocycles. The molecule has 120 valence electrons. The molecule has 1 aliphatic heterocycles. The summed E-state index contributed by atoms with van der Waals surface area (Å²) in [7, 11) is 1.55. The van der Waals surface area contributed by atoms with Gasteiger partial charge in [0.15, 0.2) is 11.5 Å². The number of rotatable bonds is 5. The Morgan fingerprint density at radius 2 is 2.17 bits per heavy atom. The summed E-state index contributed by atoms with van der Waals surface area (Å²) in [5, 5.41) is -0.355. The molecule has 7 heteroatoms. The number of amides is 2. The zero-order valence-electron chi connectivity index (χ0n) is 12.6. The number of hydrogen-bond donors (Lipinski definition) is 0. The summed E-state index contributed by atoms with van der Waals surface area (Å²) >= 11 is 3.02. The molecule has 0 atom stereocenters. The number of nitrogens with zero attached hydrogens (tertiary/aromatic N) is 1. The van der Waals surface area contributed by atoms with Gasteiger partial charge in [0.25, 0.3) is 11.1 Å². The van der Waals surface area contributed by atoms with E-state index in [2.05, 4.69) is 28.5 Å². The van der Waals surface area contributed by atoms with Crippen LogP contribution in [0, 0.1) is 15.9 Å². The number of carbonyl (C=O) groups excluding carboxylic acids is 2. The first-order chi connectivity index (χ1) is 11.0. The van der Waals surface area contributed by atoms with Crippen LogP contribution in [0.15, 0.2) is 17.0 Å². The molecule has 23 heavy (non-hydrogen) atoms. The zero-order chi connectivity index (χ0) is 17.0. The number of benzene rings is 1. The smallest absolute Gasteiger partial charge is 0.294 e. The normalized spacial score (nSPS) is 15.9. The predicted octanol–water partition coefficient (Wildman–Crippen LogP) is 3.37. The molecule has 0 spiro atoms. The van der Waals surface area contributed by atoms with Crippen LogP contribution in [0.3, 0.4) is 0 Å². The maximum atomic E-state index is 12.2. The van der Waals surface area contributed by atoms with Crippen molar-refractivity contribution in [2.75, 3.05) is 20.3 Å². The number of ether oxygens (including phenoxy) is 2. The van der Waals surface area contributed by atoms with E-state index in [4.69, 9.17) is 15.9 Å². The summed E-state index contributed by atoms with van der Waals surface area (Å²) in [6, 6.07) is 3.63. The highest BCUT2D eigenvalue weighted by Gasteiger charge is 2.34.